The molecule has 1 heterocycles. The van der Waals surface area contributed by atoms with Gasteiger partial charge in [0, 0.05) is 0 Å². The Morgan fingerprint density at radius 1 is 1.67 bits per heavy atom. The molecule has 1 rings (SSSR count). The van der Waals surface area contributed by atoms with Gasteiger partial charge in [0.2, 0.25) is 0 Å². The van der Waals surface area contributed by atoms with E-state index in [2.05, 4.69) is 20.9 Å². The van der Waals surface area contributed by atoms with Gasteiger partial charge in [-0.2, -0.15) is 0 Å². The Balaban J connectivity index is 3.17. The van der Waals surface area contributed by atoms with E-state index in [1.807, 2.05) is 13.0 Å². The molecule has 2 nitrogen and oxygen atoms in total. The van der Waals surface area contributed by atoms with Crippen LogP contribution in [0.4, 0.5) is 5.69 Å². The largest absolute Gasteiger partial charge is 0.397 e. The van der Waals surface area contributed by atoms with Crippen LogP contribution in [0.2, 0.25) is 0 Å². The molecule has 0 radical (unpaired) electrons. The summed E-state index contributed by atoms with van der Waals surface area (Å²) in [6.45, 7) is 1.95. The number of nitrogen functional groups attached to an aromatic ring is 1. The second-order valence-corrected chi connectivity index (χ2v) is 2.68. The minimum absolute atomic E-state index is 0.734. The molecular weight excluding hydrogens is 180 g/mol. The van der Waals surface area contributed by atoms with E-state index in [4.69, 9.17) is 5.73 Å². The molecule has 1 aromatic rings. The smallest absolute Gasteiger partial charge is 0.106 e. The van der Waals surface area contributed by atoms with Gasteiger partial charge in [0.05, 0.1) is 11.9 Å². The summed E-state index contributed by atoms with van der Waals surface area (Å²) in [6.07, 6.45) is 1.64. The van der Waals surface area contributed by atoms with E-state index in [0.29, 0.717) is 0 Å². The molecule has 0 aliphatic carbocycles. The fraction of sp³-hybridized carbons (Fsp3) is 0.167. The first-order valence-corrected chi connectivity index (χ1v) is 3.37. The standard InChI is InChI=1S/C6H7BrN2/c1-4-2-6(7)9-3-5(4)8/h2-3H,8H2,1H3. The van der Waals surface area contributed by atoms with Crippen molar-refractivity contribution < 1.29 is 0 Å². The first kappa shape index (κ1) is 6.55. The van der Waals surface area contributed by atoms with Crippen LogP contribution in [0.25, 0.3) is 0 Å². The molecule has 3 heteroatoms. The van der Waals surface area contributed by atoms with Crippen LogP contribution in [0.3, 0.4) is 0 Å². The highest BCUT2D eigenvalue weighted by atomic mass is 79.9. The minimum atomic E-state index is 0.734. The van der Waals surface area contributed by atoms with Crippen molar-refractivity contribution in [2.75, 3.05) is 5.73 Å². The van der Waals surface area contributed by atoms with Crippen molar-refractivity contribution in [3.8, 4) is 0 Å². The second kappa shape index (κ2) is 2.35. The second-order valence-electron chi connectivity index (χ2n) is 1.86. The Kier molecular flexibility index (Phi) is 1.71. The first-order chi connectivity index (χ1) is 4.20. The molecule has 0 aliphatic heterocycles. The van der Waals surface area contributed by atoms with Crippen LogP contribution in [-0.2, 0) is 0 Å². The lowest BCUT2D eigenvalue weighted by molar-refractivity contribution is 1.25. The number of pyridine rings is 1. The van der Waals surface area contributed by atoms with Crippen LogP contribution in [0.5, 0.6) is 0 Å². The molecule has 48 valence electrons. The quantitative estimate of drug-likeness (QED) is 0.628. The van der Waals surface area contributed by atoms with Gasteiger partial charge in [0.25, 0.3) is 0 Å². The van der Waals surface area contributed by atoms with Gasteiger partial charge in [-0.3, -0.25) is 0 Å². The lowest BCUT2D eigenvalue weighted by atomic mass is 10.3. The highest BCUT2D eigenvalue weighted by Crippen LogP contribution is 2.12. The van der Waals surface area contributed by atoms with Crippen LogP contribution in [0.15, 0.2) is 16.9 Å². The Bertz CT molecular complexity index is 222. The van der Waals surface area contributed by atoms with E-state index in [0.717, 1.165) is 15.9 Å². The topological polar surface area (TPSA) is 38.9 Å². The van der Waals surface area contributed by atoms with Gasteiger partial charge in [-0.15, -0.1) is 0 Å². The third-order valence-corrected chi connectivity index (χ3v) is 1.55. The SMILES string of the molecule is Cc1cc(Br)ncc1N. The van der Waals surface area contributed by atoms with Gasteiger partial charge < -0.3 is 5.73 Å². The first-order valence-electron chi connectivity index (χ1n) is 2.58. The number of aryl methyl sites for hydroxylation is 1. The highest BCUT2D eigenvalue weighted by molar-refractivity contribution is 9.10. The van der Waals surface area contributed by atoms with E-state index in [-0.39, 0.29) is 0 Å². The zero-order chi connectivity index (χ0) is 6.85. The van der Waals surface area contributed by atoms with Crippen LogP contribution in [-0.4, -0.2) is 4.98 Å². The zero-order valence-corrected chi connectivity index (χ0v) is 6.64. The van der Waals surface area contributed by atoms with Crippen LogP contribution < -0.4 is 5.73 Å². The van der Waals surface area contributed by atoms with Gasteiger partial charge in [-0.25, -0.2) is 4.98 Å². The van der Waals surface area contributed by atoms with Crippen molar-refractivity contribution in [3.63, 3.8) is 0 Å². The van der Waals surface area contributed by atoms with Gasteiger partial charge >= 0.3 is 0 Å². The van der Waals surface area contributed by atoms with Crippen molar-refractivity contribution in [1.82, 2.24) is 4.98 Å². The number of hydrogen-bond donors (Lipinski definition) is 1. The summed E-state index contributed by atoms with van der Waals surface area (Å²) in [5, 5.41) is 0. The maximum Gasteiger partial charge on any atom is 0.106 e. The molecule has 0 unspecified atom stereocenters. The molecule has 0 bridgehead atoms. The Morgan fingerprint density at radius 2 is 2.33 bits per heavy atom. The molecule has 0 fully saturated rings. The molecule has 0 spiro atoms. The number of anilines is 1. The fourth-order valence-corrected chi connectivity index (χ4v) is 0.978. The van der Waals surface area contributed by atoms with E-state index in [1.165, 1.54) is 0 Å². The summed E-state index contributed by atoms with van der Waals surface area (Å²) in [6, 6.07) is 1.88. The van der Waals surface area contributed by atoms with Crippen LogP contribution >= 0.6 is 15.9 Å². The number of halogens is 1. The third-order valence-electron chi connectivity index (χ3n) is 1.12. The molecule has 0 aromatic carbocycles. The summed E-state index contributed by atoms with van der Waals surface area (Å²) >= 11 is 3.23. The molecular formula is C6H7BrN2. The maximum atomic E-state index is 5.51. The van der Waals surface area contributed by atoms with Gasteiger partial charge in [0.1, 0.15) is 4.60 Å². The predicted octanol–water partition coefficient (Wildman–Crippen LogP) is 1.73. The van der Waals surface area contributed by atoms with Crippen LogP contribution in [0.1, 0.15) is 5.56 Å². The fourth-order valence-electron chi connectivity index (χ4n) is 0.532. The van der Waals surface area contributed by atoms with Crippen LogP contribution in [0, 0.1) is 6.92 Å². The monoisotopic (exact) mass is 186 g/mol. The van der Waals surface area contributed by atoms with Gasteiger partial charge in [-0.1, -0.05) is 0 Å². The number of rotatable bonds is 0. The summed E-state index contributed by atoms with van der Waals surface area (Å²) < 4.78 is 0.828. The third kappa shape index (κ3) is 1.42. The Hall–Kier alpha value is -0.570. The predicted molar refractivity (Wildman–Crippen MR) is 41.1 cm³/mol. The number of aromatic nitrogens is 1. The molecule has 0 saturated heterocycles. The highest BCUT2D eigenvalue weighted by Gasteiger charge is 1.92. The maximum absolute atomic E-state index is 5.51. The Labute approximate surface area is 62.2 Å². The number of hydrogen-bond acceptors (Lipinski definition) is 2. The average Bonchev–Trinajstić information content (AvgIpc) is 1.80. The molecule has 9 heavy (non-hydrogen) atoms. The van der Waals surface area contributed by atoms with E-state index in [9.17, 15) is 0 Å². The summed E-state index contributed by atoms with van der Waals surface area (Å²) in [5.41, 5.74) is 7.29. The van der Waals surface area contributed by atoms with Gasteiger partial charge in [-0.05, 0) is 34.5 Å². The van der Waals surface area contributed by atoms with Crippen molar-refractivity contribution in [1.29, 1.82) is 0 Å². The van der Waals surface area contributed by atoms with E-state index < -0.39 is 0 Å². The lowest BCUT2D eigenvalue weighted by Crippen LogP contribution is -1.89. The molecule has 0 atom stereocenters. The lowest BCUT2D eigenvalue weighted by Gasteiger charge is -1.96. The summed E-state index contributed by atoms with van der Waals surface area (Å²) in [5.74, 6) is 0. The Morgan fingerprint density at radius 3 is 2.78 bits per heavy atom. The van der Waals surface area contributed by atoms with E-state index in [1.54, 1.807) is 6.20 Å². The molecule has 0 amide bonds. The number of nitrogens with zero attached hydrogens (tertiary/aromatic N) is 1. The van der Waals surface area contributed by atoms with Crippen molar-refractivity contribution >= 4 is 21.6 Å². The molecule has 1 aromatic heterocycles. The van der Waals surface area contributed by atoms with E-state index >= 15 is 0 Å². The summed E-state index contributed by atoms with van der Waals surface area (Å²) in [7, 11) is 0. The molecule has 0 saturated carbocycles. The van der Waals surface area contributed by atoms with Crippen molar-refractivity contribution in [2.45, 2.75) is 6.92 Å². The van der Waals surface area contributed by atoms with Crippen molar-refractivity contribution in [3.05, 3.63) is 22.4 Å². The summed E-state index contributed by atoms with van der Waals surface area (Å²) in [4.78, 5) is 3.93. The zero-order valence-electron chi connectivity index (χ0n) is 5.06. The molecule has 2 N–H and O–H groups in total. The van der Waals surface area contributed by atoms with Gasteiger partial charge in [0.15, 0.2) is 0 Å². The molecule has 0 aliphatic rings. The number of nitrogens with two attached hydrogens (primary N) is 1. The normalized spacial score (nSPS) is 9.56. The minimum Gasteiger partial charge on any atom is -0.397 e. The van der Waals surface area contributed by atoms with Crippen molar-refractivity contribution in [2.24, 2.45) is 0 Å². The average molecular weight is 187 g/mol.